The van der Waals surface area contributed by atoms with Gasteiger partial charge in [-0.1, -0.05) is 54.1 Å². The predicted octanol–water partition coefficient (Wildman–Crippen LogP) is 5.08. The Kier molecular flexibility index (Phi) is 8.09. The molecule has 2 aliphatic rings. The van der Waals surface area contributed by atoms with Crippen LogP contribution in [-0.2, 0) is 21.4 Å². The molecule has 8 nitrogen and oxygen atoms in total. The number of likely N-dealkylation sites (N-methyl/N-ethyl adjacent to an activating group) is 1. The molecule has 228 valence electrons. The third-order valence-corrected chi connectivity index (χ3v) is 10.3. The van der Waals surface area contributed by atoms with Gasteiger partial charge in [-0.25, -0.2) is 12.4 Å². The SMILES string of the molecule is Cc1ccc(S(=O)(=O)n2ccc3c2CN(C)C=C3c2ccc(-c3ccc(OCCN4CCN(C)C(=O)[C@H]4C)cc3)cc2)cc1. The second kappa shape index (κ2) is 12.0. The van der Waals surface area contributed by atoms with E-state index in [1.165, 1.54) is 3.97 Å². The molecule has 2 aliphatic heterocycles. The summed E-state index contributed by atoms with van der Waals surface area (Å²) in [5.74, 6) is 0.954. The second-order valence-corrected chi connectivity index (χ2v) is 13.5. The highest BCUT2D eigenvalue weighted by Gasteiger charge is 2.29. The molecular weight excluding hydrogens is 572 g/mol. The molecular formula is C35H38N4O4S. The van der Waals surface area contributed by atoms with Gasteiger partial charge in [0, 0.05) is 57.3 Å². The summed E-state index contributed by atoms with van der Waals surface area (Å²) in [4.78, 5) is 18.5. The van der Waals surface area contributed by atoms with Crippen LogP contribution in [-0.4, -0.2) is 79.4 Å². The van der Waals surface area contributed by atoms with E-state index in [4.69, 9.17) is 4.74 Å². The zero-order valence-electron chi connectivity index (χ0n) is 25.6. The van der Waals surface area contributed by atoms with Gasteiger partial charge in [-0.2, -0.15) is 0 Å². The summed E-state index contributed by atoms with van der Waals surface area (Å²) in [5, 5.41) is 0. The van der Waals surface area contributed by atoms with Crippen molar-refractivity contribution in [2.45, 2.75) is 31.3 Å². The van der Waals surface area contributed by atoms with Crippen LogP contribution in [0, 0.1) is 6.92 Å². The molecule has 0 aliphatic carbocycles. The number of carbonyl (C=O) groups excluding carboxylic acids is 1. The molecule has 44 heavy (non-hydrogen) atoms. The fraction of sp³-hybridized carbons (Fsp3) is 0.286. The van der Waals surface area contributed by atoms with E-state index < -0.39 is 10.0 Å². The first-order chi connectivity index (χ1) is 21.1. The van der Waals surface area contributed by atoms with Crippen LogP contribution in [0.4, 0.5) is 0 Å². The van der Waals surface area contributed by atoms with Gasteiger partial charge in [-0.15, -0.1) is 0 Å². The number of piperazine rings is 1. The molecule has 3 heterocycles. The van der Waals surface area contributed by atoms with Gasteiger partial charge in [-0.3, -0.25) is 9.69 Å². The average Bonchev–Trinajstić information content (AvgIpc) is 3.46. The van der Waals surface area contributed by atoms with Crippen LogP contribution in [0.5, 0.6) is 5.75 Å². The third-order valence-electron chi connectivity index (χ3n) is 8.60. The molecule has 0 saturated carbocycles. The average molecular weight is 611 g/mol. The smallest absolute Gasteiger partial charge is 0.267 e. The normalized spacial score (nSPS) is 17.4. The number of rotatable bonds is 8. The monoisotopic (exact) mass is 610 g/mol. The van der Waals surface area contributed by atoms with E-state index >= 15 is 0 Å². The maximum Gasteiger partial charge on any atom is 0.267 e. The van der Waals surface area contributed by atoms with Crippen LogP contribution in [0.15, 0.2) is 96.2 Å². The summed E-state index contributed by atoms with van der Waals surface area (Å²) in [6, 6.07) is 25.1. The minimum atomic E-state index is -3.71. The molecule has 1 aromatic heterocycles. The van der Waals surface area contributed by atoms with Crippen LogP contribution in [0.25, 0.3) is 16.7 Å². The summed E-state index contributed by atoms with van der Waals surface area (Å²) in [6.07, 6.45) is 3.74. The van der Waals surface area contributed by atoms with Gasteiger partial charge in [0.25, 0.3) is 10.0 Å². The van der Waals surface area contributed by atoms with E-state index in [1.54, 1.807) is 23.2 Å². The fourth-order valence-electron chi connectivity index (χ4n) is 5.93. The molecule has 4 aromatic rings. The van der Waals surface area contributed by atoms with E-state index in [0.29, 0.717) is 19.7 Å². The largest absolute Gasteiger partial charge is 0.492 e. The molecule has 0 spiro atoms. The maximum atomic E-state index is 13.5. The first-order valence-electron chi connectivity index (χ1n) is 14.9. The van der Waals surface area contributed by atoms with E-state index in [2.05, 4.69) is 35.4 Å². The van der Waals surface area contributed by atoms with Gasteiger partial charge in [0.15, 0.2) is 0 Å². The molecule has 0 unspecified atom stereocenters. The highest BCUT2D eigenvalue weighted by molar-refractivity contribution is 7.90. The molecule has 1 atom stereocenters. The predicted molar refractivity (Wildman–Crippen MR) is 173 cm³/mol. The molecule has 0 bridgehead atoms. The molecule has 9 heteroatoms. The molecule has 6 rings (SSSR count). The van der Waals surface area contributed by atoms with E-state index in [9.17, 15) is 13.2 Å². The van der Waals surface area contributed by atoms with Crippen molar-refractivity contribution in [3.63, 3.8) is 0 Å². The number of nitrogens with zero attached hydrogens (tertiary/aromatic N) is 4. The number of fused-ring (bicyclic) bond motifs is 1. The molecule has 1 saturated heterocycles. The lowest BCUT2D eigenvalue weighted by molar-refractivity contribution is -0.139. The first-order valence-corrected chi connectivity index (χ1v) is 16.3. The molecule has 3 aromatic carbocycles. The summed E-state index contributed by atoms with van der Waals surface area (Å²) in [5.41, 5.74) is 6.84. The minimum absolute atomic E-state index is 0.120. The standard InChI is InChI=1S/C35H38N4O4S/c1-25-5-15-31(16-6-25)44(41,42)39-18-17-32-33(23-36(3)24-34(32)39)29-9-7-27(8-10-29)28-11-13-30(14-12-28)43-22-21-38-20-19-37(4)35(40)26(38)2/h5-18,23,26H,19-22,24H2,1-4H3/t26-/m1/s1. The first kappa shape index (κ1) is 29.7. The Morgan fingerprint density at radius 2 is 1.48 bits per heavy atom. The van der Waals surface area contributed by atoms with Crippen LogP contribution in [0.2, 0.25) is 0 Å². The van der Waals surface area contributed by atoms with Crippen molar-refractivity contribution in [1.29, 1.82) is 0 Å². The fourth-order valence-corrected chi connectivity index (χ4v) is 7.30. The van der Waals surface area contributed by atoms with Crippen LogP contribution >= 0.6 is 0 Å². The number of amides is 1. The number of aromatic nitrogens is 1. The van der Waals surface area contributed by atoms with Crippen molar-refractivity contribution in [3.8, 4) is 16.9 Å². The highest BCUT2D eigenvalue weighted by atomic mass is 32.2. The van der Waals surface area contributed by atoms with Gasteiger partial charge in [0.05, 0.1) is 23.2 Å². The van der Waals surface area contributed by atoms with Crippen molar-refractivity contribution >= 4 is 21.5 Å². The van der Waals surface area contributed by atoms with E-state index in [0.717, 1.165) is 57.9 Å². The van der Waals surface area contributed by atoms with Gasteiger partial charge in [0.2, 0.25) is 5.91 Å². The van der Waals surface area contributed by atoms with E-state index in [-0.39, 0.29) is 16.8 Å². The van der Waals surface area contributed by atoms with Crippen molar-refractivity contribution in [2.24, 2.45) is 0 Å². The summed E-state index contributed by atoms with van der Waals surface area (Å²) in [6.45, 7) is 7.22. The van der Waals surface area contributed by atoms with Crippen molar-refractivity contribution < 1.29 is 17.9 Å². The van der Waals surface area contributed by atoms with Crippen LogP contribution in [0.1, 0.15) is 29.3 Å². The van der Waals surface area contributed by atoms with Gasteiger partial charge >= 0.3 is 0 Å². The molecule has 0 N–H and O–H groups in total. The summed E-state index contributed by atoms with van der Waals surface area (Å²) < 4.78 is 34.4. The Morgan fingerprint density at radius 3 is 2.16 bits per heavy atom. The topological polar surface area (TPSA) is 75.1 Å². The van der Waals surface area contributed by atoms with Crippen LogP contribution < -0.4 is 4.74 Å². The van der Waals surface area contributed by atoms with Gasteiger partial charge in [0.1, 0.15) is 12.4 Å². The molecule has 1 amide bonds. The van der Waals surface area contributed by atoms with Crippen LogP contribution in [0.3, 0.4) is 0 Å². The van der Waals surface area contributed by atoms with Crippen molar-refractivity contribution in [3.05, 3.63) is 114 Å². The Morgan fingerprint density at radius 1 is 0.841 bits per heavy atom. The van der Waals surface area contributed by atoms with Gasteiger partial charge in [-0.05, 0) is 60.9 Å². The molecule has 0 radical (unpaired) electrons. The second-order valence-electron chi connectivity index (χ2n) is 11.7. The Bertz CT molecular complexity index is 1790. The minimum Gasteiger partial charge on any atom is -0.492 e. The Balaban J connectivity index is 1.14. The van der Waals surface area contributed by atoms with Crippen molar-refractivity contribution in [2.75, 3.05) is 40.3 Å². The lowest BCUT2D eigenvalue weighted by Crippen LogP contribution is -2.55. The summed E-state index contributed by atoms with van der Waals surface area (Å²) >= 11 is 0. The maximum absolute atomic E-state index is 13.5. The number of carbonyl (C=O) groups is 1. The van der Waals surface area contributed by atoms with Crippen molar-refractivity contribution in [1.82, 2.24) is 18.7 Å². The zero-order valence-corrected chi connectivity index (χ0v) is 26.4. The van der Waals surface area contributed by atoms with E-state index in [1.807, 2.05) is 75.3 Å². The van der Waals surface area contributed by atoms with Gasteiger partial charge < -0.3 is 14.5 Å². The Hall–Kier alpha value is -4.34. The number of hydrogen-bond acceptors (Lipinski definition) is 6. The molecule has 1 fully saturated rings. The summed E-state index contributed by atoms with van der Waals surface area (Å²) in [7, 11) is 0.0982. The lowest BCUT2D eigenvalue weighted by atomic mass is 9.94. The highest BCUT2D eigenvalue weighted by Crippen LogP contribution is 2.35. The number of ether oxygens (including phenoxy) is 1. The zero-order chi connectivity index (χ0) is 31.0. The number of aryl methyl sites for hydroxylation is 1. The third kappa shape index (κ3) is 5.77. The lowest BCUT2D eigenvalue weighted by Gasteiger charge is -2.37. The quantitative estimate of drug-likeness (QED) is 0.277. The number of hydrogen-bond donors (Lipinski definition) is 0. The number of benzene rings is 3. The Labute approximate surface area is 259 Å².